The van der Waals surface area contributed by atoms with Gasteiger partial charge in [-0.05, 0) is 21.2 Å². The first-order valence-corrected chi connectivity index (χ1v) is 8.51. The summed E-state index contributed by atoms with van der Waals surface area (Å²) in [5.74, 6) is 0. The first kappa shape index (κ1) is 11.3. The van der Waals surface area contributed by atoms with Crippen molar-refractivity contribution in [1.82, 2.24) is 4.86 Å². The third-order valence-corrected chi connectivity index (χ3v) is 6.27. The summed E-state index contributed by atoms with van der Waals surface area (Å²) in [6, 6.07) is 8.74. The lowest BCUT2D eigenvalue weighted by molar-refractivity contribution is 0.590. The van der Waals surface area contributed by atoms with Crippen LogP contribution in [-0.2, 0) is 16.4 Å². The van der Waals surface area contributed by atoms with Crippen molar-refractivity contribution in [2.24, 2.45) is 0 Å². The summed E-state index contributed by atoms with van der Waals surface area (Å²) in [6.45, 7) is 0. The molecule has 0 aliphatic heterocycles. The Morgan fingerprint density at radius 3 is 2.46 bits per heavy atom. The zero-order chi connectivity index (χ0) is 9.90. The molecule has 0 aromatic heterocycles. The summed E-state index contributed by atoms with van der Waals surface area (Å²) in [7, 11) is -1.92. The van der Waals surface area contributed by atoms with Crippen molar-refractivity contribution in [2.45, 2.75) is 0 Å². The van der Waals surface area contributed by atoms with Crippen molar-refractivity contribution in [3.63, 3.8) is 0 Å². The Bertz CT molecular complexity index is 357. The Kier molecular flexibility index (Phi) is 4.05. The third-order valence-electron chi connectivity index (χ3n) is 1.33. The van der Waals surface area contributed by atoms with Crippen molar-refractivity contribution in [2.75, 3.05) is 0 Å². The molecule has 2 N–H and O–H groups in total. The number of benzene rings is 1. The minimum atomic E-state index is -2.88. The van der Waals surface area contributed by atoms with Crippen LogP contribution in [0.2, 0.25) is 0 Å². The van der Waals surface area contributed by atoms with E-state index in [0.717, 1.165) is 0 Å². The Balaban J connectivity index is 2.95. The van der Waals surface area contributed by atoms with E-state index in [1.54, 1.807) is 24.3 Å². The summed E-state index contributed by atoms with van der Waals surface area (Å²) in [4.78, 5) is 12.1. The maximum atomic E-state index is 10.7. The van der Waals surface area contributed by atoms with Crippen LogP contribution in [0.1, 0.15) is 0 Å². The topological polar surface area (TPSA) is 49.3 Å². The monoisotopic (exact) mass is 252 g/mol. The lowest BCUT2D eigenvalue weighted by Gasteiger charge is -2.08. The number of hydrogen-bond acceptors (Lipinski definition) is 2. The molecule has 70 valence electrons. The second-order valence-electron chi connectivity index (χ2n) is 2.28. The predicted molar refractivity (Wildman–Crippen MR) is 62.3 cm³/mol. The minimum absolute atomic E-state index is 0.586. The van der Waals surface area contributed by atoms with E-state index >= 15 is 0 Å². The highest BCUT2D eigenvalue weighted by molar-refractivity contribution is 8.42. The average Bonchev–Trinajstić information content (AvgIpc) is 2.04. The summed E-state index contributed by atoms with van der Waals surface area (Å²) < 4.78 is 10.7. The van der Waals surface area contributed by atoms with E-state index < -0.39 is 13.6 Å². The first-order valence-electron chi connectivity index (χ1n) is 3.35. The van der Waals surface area contributed by atoms with E-state index in [1.165, 1.54) is 0 Å². The number of hydrogen-bond donors (Lipinski definition) is 3. The molecule has 0 saturated heterocycles. The molecule has 13 heavy (non-hydrogen) atoms. The lowest BCUT2D eigenvalue weighted by Crippen LogP contribution is -2.11. The average molecular weight is 252 g/mol. The molecular formula is C6H8NO2P2S2+. The number of thiol groups is 1. The Morgan fingerprint density at radius 2 is 2.00 bits per heavy atom. The molecule has 0 spiro atoms. The molecule has 2 unspecified atom stereocenters. The first-order chi connectivity index (χ1) is 6.02. The SMILES string of the molecule is O=[P+](S)NP(O)(=S)c1ccccc1. The van der Waals surface area contributed by atoms with Gasteiger partial charge in [-0.1, -0.05) is 30.3 Å². The van der Waals surface area contributed by atoms with Gasteiger partial charge in [0, 0.05) is 5.30 Å². The number of rotatable bonds is 3. The van der Waals surface area contributed by atoms with Gasteiger partial charge in [0.05, 0.1) is 0 Å². The van der Waals surface area contributed by atoms with Crippen LogP contribution in [0.5, 0.6) is 0 Å². The molecule has 1 aromatic rings. The van der Waals surface area contributed by atoms with Crippen LogP contribution in [0.25, 0.3) is 0 Å². The molecule has 1 rings (SSSR count). The molecule has 2 atom stereocenters. The molecule has 0 saturated carbocycles. The van der Waals surface area contributed by atoms with Crippen molar-refractivity contribution >= 4 is 42.9 Å². The fourth-order valence-electron chi connectivity index (χ4n) is 0.804. The molecule has 7 heteroatoms. The van der Waals surface area contributed by atoms with Crippen LogP contribution in [0, 0.1) is 0 Å². The van der Waals surface area contributed by atoms with Crippen LogP contribution in [-0.4, -0.2) is 4.89 Å². The van der Waals surface area contributed by atoms with E-state index in [0.29, 0.717) is 5.30 Å². The van der Waals surface area contributed by atoms with Gasteiger partial charge in [-0.3, -0.25) is 0 Å². The molecule has 1 aromatic carbocycles. The van der Waals surface area contributed by atoms with Crippen molar-refractivity contribution in [3.05, 3.63) is 30.3 Å². The minimum Gasteiger partial charge on any atom is -0.348 e. The Morgan fingerprint density at radius 1 is 1.46 bits per heavy atom. The van der Waals surface area contributed by atoms with Crippen LogP contribution >= 0.6 is 25.8 Å². The van der Waals surface area contributed by atoms with Gasteiger partial charge in [0.1, 0.15) is 12.2 Å². The van der Waals surface area contributed by atoms with Gasteiger partial charge in [-0.15, -0.1) is 0 Å². The van der Waals surface area contributed by atoms with Crippen molar-refractivity contribution in [1.29, 1.82) is 0 Å². The Hall–Kier alpha value is 0.240. The molecule has 0 heterocycles. The standard InChI is InChI=1S/C6H7NO2P2S2/c8-10(12)7-11(9,13)6-4-2-1-3-5-6/h1-5H,(H2-,7,8,9,12,13)/p+1. The van der Waals surface area contributed by atoms with Crippen molar-refractivity contribution < 1.29 is 9.46 Å². The van der Waals surface area contributed by atoms with E-state index in [9.17, 15) is 9.46 Å². The van der Waals surface area contributed by atoms with Crippen LogP contribution in [0.4, 0.5) is 0 Å². The van der Waals surface area contributed by atoms with Gasteiger partial charge in [-0.25, -0.2) is 0 Å². The van der Waals surface area contributed by atoms with E-state index in [-0.39, 0.29) is 0 Å². The normalized spacial score (nSPS) is 16.3. The van der Waals surface area contributed by atoms with Gasteiger partial charge in [0.15, 0.2) is 6.42 Å². The van der Waals surface area contributed by atoms with Crippen molar-refractivity contribution in [3.8, 4) is 0 Å². The molecule has 0 fully saturated rings. The van der Waals surface area contributed by atoms with E-state index in [1.807, 2.05) is 6.07 Å². The molecule has 0 bridgehead atoms. The zero-order valence-corrected chi connectivity index (χ0v) is 9.99. The van der Waals surface area contributed by atoms with Gasteiger partial charge in [0.2, 0.25) is 0 Å². The van der Waals surface area contributed by atoms with Gasteiger partial charge in [0.25, 0.3) is 0 Å². The second-order valence-corrected chi connectivity index (χ2v) is 7.97. The highest BCUT2D eigenvalue weighted by Gasteiger charge is 2.24. The largest absolute Gasteiger partial charge is 0.510 e. The van der Waals surface area contributed by atoms with Crippen LogP contribution in [0.15, 0.2) is 30.3 Å². The van der Waals surface area contributed by atoms with E-state index in [2.05, 4.69) is 17.1 Å². The molecular weight excluding hydrogens is 244 g/mol. The van der Waals surface area contributed by atoms with Crippen LogP contribution in [0.3, 0.4) is 0 Å². The quantitative estimate of drug-likeness (QED) is 0.567. The molecule has 0 aliphatic rings. The maximum absolute atomic E-state index is 10.7. The van der Waals surface area contributed by atoms with E-state index in [4.69, 9.17) is 11.8 Å². The second kappa shape index (κ2) is 4.65. The predicted octanol–water partition coefficient (Wildman–Crippen LogP) is 1.79. The maximum Gasteiger partial charge on any atom is 0.510 e. The molecule has 0 amide bonds. The third kappa shape index (κ3) is 3.47. The van der Waals surface area contributed by atoms with Gasteiger partial charge < -0.3 is 4.89 Å². The summed E-state index contributed by atoms with van der Waals surface area (Å²) >= 11 is 8.55. The highest BCUT2D eigenvalue weighted by Crippen LogP contribution is 2.42. The molecule has 3 nitrogen and oxygen atoms in total. The molecule has 0 radical (unpaired) electrons. The highest BCUT2D eigenvalue weighted by atomic mass is 32.7. The number of nitrogens with one attached hydrogen (secondary N) is 1. The lowest BCUT2D eigenvalue weighted by atomic mass is 10.4. The fraction of sp³-hybridized carbons (Fsp3) is 0. The summed E-state index contributed by atoms with van der Waals surface area (Å²) in [6.07, 6.45) is -2.88. The van der Waals surface area contributed by atoms with Crippen LogP contribution < -0.4 is 10.2 Å². The van der Waals surface area contributed by atoms with Gasteiger partial charge in [-0.2, -0.15) is 0 Å². The smallest absolute Gasteiger partial charge is 0.348 e. The van der Waals surface area contributed by atoms with Gasteiger partial charge >= 0.3 is 7.15 Å². The summed E-state index contributed by atoms with van der Waals surface area (Å²) in [5.41, 5.74) is 0. The fourth-order valence-corrected chi connectivity index (χ4v) is 5.51. The molecule has 0 aliphatic carbocycles. The summed E-state index contributed by atoms with van der Waals surface area (Å²) in [5, 5.41) is 0.586. The zero-order valence-electron chi connectivity index (χ0n) is 6.49. The Labute approximate surface area is 87.7 Å².